The molecule has 1 aromatic heterocycles. The van der Waals surface area contributed by atoms with Crippen LogP contribution < -0.4 is 16.7 Å². The topological polar surface area (TPSA) is 103 Å². The number of amides is 1. The first-order valence-electron chi connectivity index (χ1n) is 7.61. The molecule has 0 bridgehead atoms. The molecule has 0 unspecified atom stereocenters. The number of carbonyl (C=O) groups excluding carboxylic acids is 1. The van der Waals surface area contributed by atoms with E-state index in [1.807, 2.05) is 30.3 Å². The molecule has 0 spiro atoms. The van der Waals surface area contributed by atoms with Crippen molar-refractivity contribution < 1.29 is 4.79 Å². The van der Waals surface area contributed by atoms with Crippen molar-refractivity contribution in [3.63, 3.8) is 0 Å². The molecule has 128 valence electrons. The van der Waals surface area contributed by atoms with Gasteiger partial charge in [0, 0.05) is 6.54 Å². The first kappa shape index (κ1) is 18.0. The summed E-state index contributed by atoms with van der Waals surface area (Å²) in [5, 5.41) is 10.3. The molecule has 7 nitrogen and oxygen atoms in total. The van der Waals surface area contributed by atoms with Gasteiger partial charge in [-0.15, -0.1) is 10.2 Å². The third-order valence-electron chi connectivity index (χ3n) is 3.62. The summed E-state index contributed by atoms with van der Waals surface area (Å²) in [5.74, 6) is 5.75. The molecule has 0 fully saturated rings. The maximum Gasteiger partial charge on any atom is 0.294 e. The third-order valence-corrected chi connectivity index (χ3v) is 4.68. The number of nitrogens with one attached hydrogen (secondary N) is 1. The van der Waals surface area contributed by atoms with Gasteiger partial charge in [0.1, 0.15) is 5.69 Å². The fourth-order valence-electron chi connectivity index (χ4n) is 2.06. The number of nitrogens with zero attached hydrogens (tertiary/aromatic N) is 3. The van der Waals surface area contributed by atoms with Gasteiger partial charge in [-0.2, -0.15) is 4.68 Å². The van der Waals surface area contributed by atoms with Crippen LogP contribution in [0.2, 0.25) is 0 Å². The molecule has 0 radical (unpaired) electrons. The number of carbonyl (C=O) groups is 1. The quantitative estimate of drug-likeness (QED) is 0.598. The van der Waals surface area contributed by atoms with Crippen LogP contribution >= 0.6 is 11.8 Å². The Hall–Kier alpha value is -2.35. The van der Waals surface area contributed by atoms with Gasteiger partial charge in [0.2, 0.25) is 11.1 Å². The fraction of sp³-hybridized carbons (Fsp3) is 0.375. The maximum atomic E-state index is 12.2. The number of rotatable bonds is 6. The van der Waals surface area contributed by atoms with Crippen LogP contribution in [0.3, 0.4) is 0 Å². The summed E-state index contributed by atoms with van der Waals surface area (Å²) < 4.78 is 0.920. The summed E-state index contributed by atoms with van der Waals surface area (Å²) in [4.78, 5) is 24.0. The Labute approximate surface area is 144 Å². The predicted molar refractivity (Wildman–Crippen MR) is 94.4 cm³/mol. The van der Waals surface area contributed by atoms with E-state index in [4.69, 9.17) is 5.84 Å². The van der Waals surface area contributed by atoms with Crippen molar-refractivity contribution in [2.75, 3.05) is 12.4 Å². The molecular weight excluding hydrogens is 326 g/mol. The number of hydrogen-bond donors (Lipinski definition) is 2. The number of nitrogen functional groups attached to an aromatic ring is 1. The lowest BCUT2D eigenvalue weighted by molar-refractivity contribution is -0.120. The molecule has 2 rings (SSSR count). The van der Waals surface area contributed by atoms with E-state index in [-0.39, 0.29) is 22.7 Å². The lowest BCUT2D eigenvalue weighted by Gasteiger charge is -2.16. The van der Waals surface area contributed by atoms with Crippen LogP contribution in [0.25, 0.3) is 0 Å². The second kappa shape index (κ2) is 7.96. The van der Waals surface area contributed by atoms with Crippen molar-refractivity contribution in [1.29, 1.82) is 0 Å². The van der Waals surface area contributed by atoms with E-state index in [1.54, 1.807) is 6.92 Å². The average Bonchev–Trinajstić information content (AvgIpc) is 2.60. The second-order valence-corrected chi connectivity index (χ2v) is 6.87. The molecule has 1 amide bonds. The summed E-state index contributed by atoms with van der Waals surface area (Å²) in [6.45, 7) is 5.85. The summed E-state index contributed by atoms with van der Waals surface area (Å²) in [5.41, 5.74) is 0.965. The van der Waals surface area contributed by atoms with E-state index < -0.39 is 10.8 Å². The second-order valence-electron chi connectivity index (χ2n) is 5.56. The normalized spacial score (nSPS) is 13.3. The van der Waals surface area contributed by atoms with Crippen LogP contribution in [0.5, 0.6) is 0 Å². The molecular formula is C16H21N5O2S. The van der Waals surface area contributed by atoms with E-state index >= 15 is 0 Å². The number of aromatic nitrogens is 3. The highest BCUT2D eigenvalue weighted by atomic mass is 32.2. The highest BCUT2D eigenvalue weighted by Crippen LogP contribution is 2.19. The van der Waals surface area contributed by atoms with Gasteiger partial charge in [-0.1, -0.05) is 49.0 Å². The Morgan fingerprint density at radius 1 is 1.29 bits per heavy atom. The molecule has 8 heteroatoms. The van der Waals surface area contributed by atoms with Crippen molar-refractivity contribution in [2.45, 2.75) is 37.1 Å². The Balaban J connectivity index is 1.93. The molecule has 1 heterocycles. The van der Waals surface area contributed by atoms with Gasteiger partial charge in [-0.25, -0.2) is 0 Å². The van der Waals surface area contributed by atoms with Crippen LogP contribution in [-0.2, 0) is 4.79 Å². The summed E-state index contributed by atoms with van der Waals surface area (Å²) >= 11 is 1.10. The van der Waals surface area contributed by atoms with Gasteiger partial charge in [0.25, 0.3) is 5.56 Å². The minimum atomic E-state index is -0.445. The third kappa shape index (κ3) is 4.35. The summed E-state index contributed by atoms with van der Waals surface area (Å²) in [6.07, 6.45) is 0. The van der Waals surface area contributed by atoms with Crippen LogP contribution in [0.4, 0.5) is 0 Å². The van der Waals surface area contributed by atoms with E-state index in [1.165, 1.54) is 12.5 Å². The van der Waals surface area contributed by atoms with E-state index in [0.717, 1.165) is 16.4 Å². The van der Waals surface area contributed by atoms with Crippen LogP contribution in [0, 0.1) is 6.92 Å². The maximum absolute atomic E-state index is 12.2. The van der Waals surface area contributed by atoms with Gasteiger partial charge in [0.15, 0.2) is 0 Å². The van der Waals surface area contributed by atoms with Crippen molar-refractivity contribution in [3.05, 3.63) is 51.9 Å². The Bertz CT molecular complexity index is 763. The molecule has 0 saturated heterocycles. The zero-order valence-corrected chi connectivity index (χ0v) is 14.7. The van der Waals surface area contributed by atoms with Crippen molar-refractivity contribution >= 4 is 17.7 Å². The highest BCUT2D eigenvalue weighted by Gasteiger charge is 2.19. The van der Waals surface area contributed by atoms with Crippen molar-refractivity contribution in [2.24, 2.45) is 0 Å². The Morgan fingerprint density at radius 2 is 1.96 bits per heavy atom. The molecule has 0 saturated carbocycles. The molecule has 2 aromatic rings. The average molecular weight is 347 g/mol. The molecule has 1 aromatic carbocycles. The number of hydrogen-bond acceptors (Lipinski definition) is 6. The molecule has 2 atom stereocenters. The van der Waals surface area contributed by atoms with Crippen molar-refractivity contribution in [3.8, 4) is 0 Å². The molecule has 3 N–H and O–H groups in total. The number of thioether (sulfide) groups is 1. The van der Waals surface area contributed by atoms with E-state index in [9.17, 15) is 9.59 Å². The molecule has 24 heavy (non-hydrogen) atoms. The SMILES string of the molecule is Cc1nnc(S[C@@H](C)C(=O)NC[C@@H](C)c2ccccc2)n(N)c1=O. The first-order chi connectivity index (χ1) is 11.4. The van der Waals surface area contributed by atoms with Crippen LogP contribution in [0.1, 0.15) is 31.0 Å². The van der Waals surface area contributed by atoms with Gasteiger partial charge in [-0.3, -0.25) is 9.59 Å². The Kier molecular flexibility index (Phi) is 5.97. The zero-order valence-electron chi connectivity index (χ0n) is 13.9. The van der Waals surface area contributed by atoms with E-state index in [2.05, 4.69) is 22.4 Å². The molecule has 0 aliphatic rings. The predicted octanol–water partition coefficient (Wildman–Crippen LogP) is 1.06. The van der Waals surface area contributed by atoms with Gasteiger partial charge in [0.05, 0.1) is 5.25 Å². The van der Waals surface area contributed by atoms with Crippen LogP contribution in [-0.4, -0.2) is 32.6 Å². The zero-order chi connectivity index (χ0) is 17.7. The largest absolute Gasteiger partial charge is 0.355 e. The number of benzene rings is 1. The van der Waals surface area contributed by atoms with Gasteiger partial charge < -0.3 is 11.2 Å². The lowest BCUT2D eigenvalue weighted by atomic mass is 10.0. The van der Waals surface area contributed by atoms with Crippen molar-refractivity contribution in [1.82, 2.24) is 20.2 Å². The van der Waals surface area contributed by atoms with Crippen LogP contribution in [0.15, 0.2) is 40.3 Å². The van der Waals surface area contributed by atoms with Gasteiger partial charge >= 0.3 is 0 Å². The van der Waals surface area contributed by atoms with E-state index in [0.29, 0.717) is 6.54 Å². The fourth-order valence-corrected chi connectivity index (χ4v) is 2.85. The standard InChI is InChI=1S/C16H21N5O2S/c1-10(13-7-5-4-6-8-13)9-18-14(22)12(3)24-16-20-19-11(2)15(23)21(16)17/h4-8,10,12H,9,17H2,1-3H3,(H,18,22)/t10-,12+/m1/s1. The van der Waals surface area contributed by atoms with Gasteiger partial charge in [-0.05, 0) is 25.3 Å². The monoisotopic (exact) mass is 347 g/mol. The number of aryl methyl sites for hydroxylation is 1. The lowest BCUT2D eigenvalue weighted by Crippen LogP contribution is -2.36. The minimum absolute atomic E-state index is 0.141. The number of nitrogens with two attached hydrogens (primary N) is 1. The Morgan fingerprint density at radius 3 is 2.62 bits per heavy atom. The summed E-state index contributed by atoms with van der Waals surface area (Å²) in [6, 6.07) is 9.97. The first-order valence-corrected chi connectivity index (χ1v) is 8.48. The molecule has 0 aliphatic carbocycles. The summed E-state index contributed by atoms with van der Waals surface area (Å²) in [7, 11) is 0. The smallest absolute Gasteiger partial charge is 0.294 e. The minimum Gasteiger partial charge on any atom is -0.355 e. The molecule has 0 aliphatic heterocycles. The highest BCUT2D eigenvalue weighted by molar-refractivity contribution is 8.00.